The first-order valence-electron chi connectivity index (χ1n) is 30.0. The number of hydrogen-bond donors (Lipinski definition) is 25. The Morgan fingerprint density at radius 3 is 1.48 bits per heavy atom. The van der Waals surface area contributed by atoms with Gasteiger partial charge in [0.25, 0.3) is 5.79 Å². The molecule has 42 nitrogen and oxygen atoms in total. The lowest BCUT2D eigenvalue weighted by molar-refractivity contribution is -0.398. The SMILES string of the molecule is CC(=O)N[C@H]1[C@H](O[C@@H]2[C@@H](NC(C)=O)[C@H](OC[C@@H](O)[C@H](O)[C@H](O[C@@H]3O[C@H](CO)[C@H](O[C@@H]4O[C@H](CO)[C@H](O)[C@H](O)[C@H]4O)[C@H](O[C@]4(C(=O)O)C[C@H](O)[C@@H](NC(C)=O)[C@H]([C@H](O)[C@H](O)CO)O4)[C@H]3O)[C@H](CO)NC(C)=O)O[C@H](CO)[C@H]2O[C@H]2O[C@H](C)[C@H](O)[C@H](O)[C@H]2O)O[C@H](CO)[C@@H](O)[C@@H]1O. The van der Waals surface area contributed by atoms with Crippen LogP contribution in [0.2, 0.25) is 0 Å². The van der Waals surface area contributed by atoms with E-state index in [1.807, 2.05) is 0 Å². The fourth-order valence-corrected chi connectivity index (χ4v) is 11.8. The van der Waals surface area contributed by atoms with E-state index in [1.165, 1.54) is 6.92 Å². The molecule has 35 atom stereocenters. The Bertz CT molecular complexity index is 2470. The fraction of sp³-hybridized carbons (Fsp3) is 0.906. The van der Waals surface area contributed by atoms with Crippen molar-refractivity contribution in [1.82, 2.24) is 21.3 Å². The molecule has 6 aliphatic rings. The summed E-state index contributed by atoms with van der Waals surface area (Å²) in [5.74, 6) is -9.31. The molecule has 6 fully saturated rings. The van der Waals surface area contributed by atoms with Gasteiger partial charge in [-0.2, -0.15) is 0 Å². The van der Waals surface area contributed by atoms with Crippen LogP contribution in [0, 0.1) is 0 Å². The van der Waals surface area contributed by atoms with E-state index in [1.54, 1.807) is 0 Å². The molecule has 4 amide bonds. The van der Waals surface area contributed by atoms with Gasteiger partial charge in [0, 0.05) is 34.1 Å². The number of carbonyl (C=O) groups is 5. The smallest absolute Gasteiger partial charge is 0.364 e. The van der Waals surface area contributed by atoms with E-state index in [0.29, 0.717) is 0 Å². The van der Waals surface area contributed by atoms with Crippen molar-refractivity contribution in [1.29, 1.82) is 0 Å². The first-order chi connectivity index (χ1) is 44.6. The Labute approximate surface area is 539 Å². The van der Waals surface area contributed by atoms with Crippen molar-refractivity contribution in [2.24, 2.45) is 0 Å². The van der Waals surface area contributed by atoms with E-state index >= 15 is 0 Å². The zero-order valence-corrected chi connectivity index (χ0v) is 51.6. The molecule has 0 bridgehead atoms. The molecule has 0 aromatic heterocycles. The maximum Gasteiger partial charge on any atom is 0.364 e. The number of aliphatic hydroxyl groups excluding tert-OH is 20. The van der Waals surface area contributed by atoms with Crippen molar-refractivity contribution in [3.05, 3.63) is 0 Å². The third-order valence-electron chi connectivity index (χ3n) is 16.7. The first-order valence-corrected chi connectivity index (χ1v) is 30.0. The van der Waals surface area contributed by atoms with Crippen molar-refractivity contribution < 1.29 is 188 Å². The number of amides is 4. The Morgan fingerprint density at radius 1 is 0.495 bits per heavy atom. The summed E-state index contributed by atoms with van der Waals surface area (Å²) in [6, 6.07) is -7.35. The van der Waals surface area contributed by atoms with Gasteiger partial charge in [-0.1, -0.05) is 0 Å². The maximum atomic E-state index is 13.6. The van der Waals surface area contributed by atoms with Crippen LogP contribution in [0.25, 0.3) is 0 Å². The molecule has 0 aromatic rings. The van der Waals surface area contributed by atoms with Crippen LogP contribution in [-0.2, 0) is 80.8 Å². The molecule has 0 aromatic carbocycles. The number of hydrogen-bond acceptors (Lipinski definition) is 37. The molecule has 25 N–H and O–H groups in total. The number of carbonyl (C=O) groups excluding carboxylic acids is 4. The van der Waals surface area contributed by atoms with Crippen LogP contribution in [0.1, 0.15) is 41.0 Å². The molecule has 6 rings (SSSR count). The Hall–Kier alpha value is -3.93. The zero-order valence-electron chi connectivity index (χ0n) is 51.6. The summed E-state index contributed by atoms with van der Waals surface area (Å²) in [4.78, 5) is 64.3. The van der Waals surface area contributed by atoms with E-state index in [4.69, 9.17) is 56.8 Å². The molecule has 95 heavy (non-hydrogen) atoms. The average Bonchev–Trinajstić information content (AvgIpc) is 0.763. The number of carboxylic acid groups (broad SMARTS) is 1. The summed E-state index contributed by atoms with van der Waals surface area (Å²) in [6.45, 7) is -3.14. The second kappa shape index (κ2) is 34.9. The van der Waals surface area contributed by atoms with Gasteiger partial charge in [-0.25, -0.2) is 4.79 Å². The van der Waals surface area contributed by atoms with E-state index < -0.39 is 296 Å². The first kappa shape index (κ1) is 80.0. The summed E-state index contributed by atoms with van der Waals surface area (Å²) in [7, 11) is 0. The van der Waals surface area contributed by atoms with Crippen molar-refractivity contribution in [2.45, 2.75) is 255 Å². The number of rotatable bonds is 29. The molecule has 6 aliphatic heterocycles. The van der Waals surface area contributed by atoms with E-state index in [9.17, 15) is 131 Å². The lowest BCUT2D eigenvalue weighted by Gasteiger charge is -2.52. The van der Waals surface area contributed by atoms with Crippen LogP contribution in [0.3, 0.4) is 0 Å². The van der Waals surface area contributed by atoms with Gasteiger partial charge in [0.05, 0.1) is 70.5 Å². The highest BCUT2D eigenvalue weighted by molar-refractivity contribution is 5.77. The maximum absolute atomic E-state index is 13.6. The van der Waals surface area contributed by atoms with Crippen LogP contribution in [0.5, 0.6) is 0 Å². The predicted octanol–water partition coefficient (Wildman–Crippen LogP) is -15.8. The molecule has 0 radical (unpaired) electrons. The molecule has 6 heterocycles. The minimum absolute atomic E-state index is 0.838. The Kier molecular flexibility index (Phi) is 29.4. The number of carboxylic acids is 1. The summed E-state index contributed by atoms with van der Waals surface area (Å²) in [5, 5.41) is 239. The lowest BCUT2D eigenvalue weighted by atomic mass is 9.88. The van der Waals surface area contributed by atoms with Crippen molar-refractivity contribution in [3.63, 3.8) is 0 Å². The third-order valence-corrected chi connectivity index (χ3v) is 16.7. The second-order valence-corrected chi connectivity index (χ2v) is 23.7. The minimum Gasteiger partial charge on any atom is -0.477 e. The molecule has 6 saturated heterocycles. The number of ether oxygens (including phenoxy) is 12. The van der Waals surface area contributed by atoms with E-state index in [-0.39, 0.29) is 0 Å². The monoisotopic (exact) mass is 1390 g/mol. The largest absolute Gasteiger partial charge is 0.477 e. The van der Waals surface area contributed by atoms with Crippen LogP contribution >= 0.6 is 0 Å². The molecule has 0 aliphatic carbocycles. The van der Waals surface area contributed by atoms with Crippen LogP contribution in [0.15, 0.2) is 0 Å². The molecular weight excluding hydrogens is 1300 g/mol. The number of aliphatic hydroxyl groups is 20. The average molecular weight is 1390 g/mol. The molecular formula is C53H90N4O38. The van der Waals surface area contributed by atoms with Crippen LogP contribution in [0.4, 0.5) is 0 Å². The van der Waals surface area contributed by atoms with Crippen molar-refractivity contribution in [2.75, 3.05) is 46.2 Å². The number of aliphatic carboxylic acids is 1. The second-order valence-electron chi connectivity index (χ2n) is 23.7. The standard InChI is InChI=1S/C53H90N4O38/c1-14-30(71)36(77)38(79)49(85-14)91-42-25(11-62)88-47(29(57-18(5)67)45(42)93-48-28(56-17(4)66)35(76)33(74)23(9-60)86-48)84-13-22(70)32(73)41(19(7-58)54-15(2)64)90-51-40(81)46(43(26(12-63)89-51)92-50-39(80)37(78)34(75)24(10-61)87-50)95-53(52(82)83)6-20(68)27(55-16(3)65)44(94-53)31(72)21(69)8-59/h14,19-51,58-63,68-81H,6-13H2,1-5H3,(H,54,64)(H,55,65)(H,56,66)(H,57,67)(H,82,83)/t14-,19+,20+,21-,22-,23-,24-,25-,26-,27-,28-,29-,30+,31-,32+,33-,34+,35-,36+,37+,38-,39-,40-,41-,42-,43+,44-,45-,46-,47-,48+,49-,50+,51+,53+/m1/s1. The van der Waals surface area contributed by atoms with Crippen molar-refractivity contribution >= 4 is 29.6 Å². The summed E-state index contributed by atoms with van der Waals surface area (Å²) in [5.41, 5.74) is 0. The minimum atomic E-state index is -3.44. The summed E-state index contributed by atoms with van der Waals surface area (Å²) in [6.07, 6.45) is -64.4. The summed E-state index contributed by atoms with van der Waals surface area (Å²) < 4.78 is 70.9. The highest BCUT2D eigenvalue weighted by atomic mass is 16.8. The highest BCUT2D eigenvalue weighted by Crippen LogP contribution is 2.41. The zero-order chi connectivity index (χ0) is 71.0. The molecule has 0 saturated carbocycles. The van der Waals surface area contributed by atoms with E-state index in [0.717, 1.165) is 27.7 Å². The van der Waals surface area contributed by atoms with Crippen LogP contribution in [-0.4, -0.2) is 397 Å². The lowest BCUT2D eigenvalue weighted by Crippen LogP contribution is -2.71. The van der Waals surface area contributed by atoms with Crippen molar-refractivity contribution in [3.8, 4) is 0 Å². The van der Waals surface area contributed by atoms with Crippen LogP contribution < -0.4 is 21.3 Å². The molecule has 42 heteroatoms. The highest BCUT2D eigenvalue weighted by Gasteiger charge is 2.62. The normalized spacial score (nSPS) is 42.9. The summed E-state index contributed by atoms with van der Waals surface area (Å²) >= 11 is 0. The van der Waals surface area contributed by atoms with Gasteiger partial charge < -0.3 is 185 Å². The number of nitrogens with one attached hydrogen (secondary N) is 4. The van der Waals surface area contributed by atoms with E-state index in [2.05, 4.69) is 21.3 Å². The molecule has 0 unspecified atom stereocenters. The van der Waals surface area contributed by atoms with Gasteiger partial charge in [0.15, 0.2) is 31.5 Å². The Morgan fingerprint density at radius 2 is 0.968 bits per heavy atom. The fourth-order valence-electron chi connectivity index (χ4n) is 11.8. The van der Waals surface area contributed by atoms with Gasteiger partial charge in [-0.05, 0) is 6.92 Å². The van der Waals surface area contributed by atoms with Gasteiger partial charge >= 0.3 is 5.97 Å². The molecule has 550 valence electrons. The quantitative estimate of drug-likeness (QED) is 0.0331. The Balaban J connectivity index is 1.39. The van der Waals surface area contributed by atoms with Gasteiger partial charge in [0.2, 0.25) is 23.6 Å². The van der Waals surface area contributed by atoms with Gasteiger partial charge in [-0.3, -0.25) is 19.2 Å². The third kappa shape index (κ3) is 18.5. The van der Waals surface area contributed by atoms with Gasteiger partial charge in [-0.15, -0.1) is 0 Å². The predicted molar refractivity (Wildman–Crippen MR) is 296 cm³/mol. The molecule has 0 spiro atoms. The van der Waals surface area contributed by atoms with Gasteiger partial charge in [0.1, 0.15) is 152 Å². The topological polar surface area (TPSA) is 669 Å².